The molecule has 6 nitrogen and oxygen atoms in total. The molecule has 0 spiro atoms. The maximum atomic E-state index is 15.2. The van der Waals surface area contributed by atoms with Gasteiger partial charge in [-0.1, -0.05) is 0 Å². The predicted molar refractivity (Wildman–Crippen MR) is 107 cm³/mol. The second-order valence-corrected chi connectivity index (χ2v) is 7.78. The third-order valence-electron chi connectivity index (χ3n) is 5.82. The molecular formula is C21H23F2N3O3. The summed E-state index contributed by atoms with van der Waals surface area (Å²) in [7, 11) is 0. The van der Waals surface area contributed by atoms with Crippen LogP contribution in [0.15, 0.2) is 28.5 Å². The van der Waals surface area contributed by atoms with Crippen molar-refractivity contribution in [3.63, 3.8) is 0 Å². The molecule has 1 aliphatic carbocycles. The summed E-state index contributed by atoms with van der Waals surface area (Å²) in [6.07, 6.45) is 4.38. The van der Waals surface area contributed by atoms with Crippen LogP contribution in [0.5, 0.6) is 0 Å². The quantitative estimate of drug-likeness (QED) is 0.818. The lowest BCUT2D eigenvalue weighted by Crippen LogP contribution is -2.33. The van der Waals surface area contributed by atoms with Crippen LogP contribution in [0, 0.1) is 12.7 Å². The summed E-state index contributed by atoms with van der Waals surface area (Å²) in [6, 6.07) is 1.22. The predicted octanol–water partition coefficient (Wildman–Crippen LogP) is 3.26. The van der Waals surface area contributed by atoms with Gasteiger partial charge in [0.25, 0.3) is 0 Å². The highest BCUT2D eigenvalue weighted by Gasteiger charge is 2.30. The Morgan fingerprint density at radius 1 is 1.38 bits per heavy atom. The first-order chi connectivity index (χ1) is 13.8. The lowest BCUT2D eigenvalue weighted by Gasteiger charge is -2.33. The zero-order valence-corrected chi connectivity index (χ0v) is 16.2. The summed E-state index contributed by atoms with van der Waals surface area (Å²) in [6.45, 7) is 2.36. The van der Waals surface area contributed by atoms with Crippen LogP contribution in [0.2, 0.25) is 0 Å². The molecule has 2 fully saturated rings. The van der Waals surface area contributed by atoms with E-state index in [1.807, 2.05) is 0 Å². The zero-order valence-electron chi connectivity index (χ0n) is 16.2. The van der Waals surface area contributed by atoms with Gasteiger partial charge in [0.1, 0.15) is 17.2 Å². The Morgan fingerprint density at radius 3 is 2.72 bits per heavy atom. The average molecular weight is 403 g/mol. The highest BCUT2D eigenvalue weighted by molar-refractivity contribution is 5.95. The number of carboxylic acid groups (broad SMARTS) is 1. The highest BCUT2D eigenvalue weighted by atomic mass is 19.1. The van der Waals surface area contributed by atoms with Gasteiger partial charge in [0.15, 0.2) is 0 Å². The van der Waals surface area contributed by atoms with Crippen molar-refractivity contribution < 1.29 is 18.7 Å². The number of carbonyl (C=O) groups is 1. The number of fused-ring (bicyclic) bond motifs is 1. The second kappa shape index (κ2) is 7.26. The molecule has 2 heterocycles. The molecule has 0 radical (unpaired) electrons. The summed E-state index contributed by atoms with van der Waals surface area (Å²) < 4.78 is 31.0. The number of piperidine rings is 1. The molecule has 0 amide bonds. The number of rotatable bonds is 4. The first-order valence-corrected chi connectivity index (χ1v) is 9.76. The van der Waals surface area contributed by atoms with Gasteiger partial charge in [-0.3, -0.25) is 4.79 Å². The van der Waals surface area contributed by atoms with Crippen molar-refractivity contribution in [2.24, 2.45) is 5.73 Å². The van der Waals surface area contributed by atoms with Crippen molar-refractivity contribution in [3.8, 4) is 0 Å². The minimum Gasteiger partial charge on any atom is -0.477 e. The Hall–Kier alpha value is -2.74. The lowest BCUT2D eigenvalue weighted by molar-refractivity contribution is 0.0695. The summed E-state index contributed by atoms with van der Waals surface area (Å²) in [5.74, 6) is -2.29. The van der Waals surface area contributed by atoms with Gasteiger partial charge in [-0.25, -0.2) is 13.6 Å². The van der Waals surface area contributed by atoms with E-state index < -0.39 is 17.2 Å². The molecule has 29 heavy (non-hydrogen) atoms. The Kier molecular flexibility index (Phi) is 4.90. The Bertz CT molecular complexity index is 1100. The Labute approximate surface area is 166 Å². The maximum absolute atomic E-state index is 15.2. The van der Waals surface area contributed by atoms with Gasteiger partial charge in [-0.05, 0) is 49.8 Å². The van der Waals surface area contributed by atoms with Crippen molar-refractivity contribution in [3.05, 3.63) is 50.8 Å². The van der Waals surface area contributed by atoms with Crippen LogP contribution >= 0.6 is 0 Å². The fraction of sp³-hybridized carbons (Fsp3) is 0.429. The third kappa shape index (κ3) is 3.31. The van der Waals surface area contributed by atoms with E-state index in [2.05, 4.69) is 0 Å². The molecule has 1 saturated carbocycles. The van der Waals surface area contributed by atoms with E-state index in [1.54, 1.807) is 16.4 Å². The van der Waals surface area contributed by atoms with E-state index >= 15 is 4.39 Å². The van der Waals surface area contributed by atoms with Gasteiger partial charge in [-0.2, -0.15) is 0 Å². The molecule has 154 valence electrons. The molecule has 2 aromatic rings. The van der Waals surface area contributed by atoms with Crippen molar-refractivity contribution in [2.45, 2.75) is 38.6 Å². The zero-order chi connectivity index (χ0) is 20.9. The topological polar surface area (TPSA) is 88.6 Å². The van der Waals surface area contributed by atoms with Crippen molar-refractivity contribution >= 4 is 22.6 Å². The van der Waals surface area contributed by atoms with E-state index in [4.69, 9.17) is 5.73 Å². The standard InChI is InChI=1S/C21H23F2N3O3/c1-11-18-14(20(27)15(21(28)29)10-26(18)13-4-5-13)7-16(22)19(11)25-6-2-3-12(9-25)17(23)8-24/h7,10,13H,2-6,8-9,24H2,1H3,(H,28,29). The smallest absolute Gasteiger partial charge is 0.341 e. The third-order valence-corrected chi connectivity index (χ3v) is 5.82. The van der Waals surface area contributed by atoms with Gasteiger partial charge in [0.05, 0.1) is 11.2 Å². The molecule has 0 atom stereocenters. The van der Waals surface area contributed by atoms with Crippen molar-refractivity contribution in [2.75, 3.05) is 24.5 Å². The number of benzene rings is 1. The Morgan fingerprint density at radius 2 is 2.10 bits per heavy atom. The summed E-state index contributed by atoms with van der Waals surface area (Å²) in [5.41, 5.74) is 6.39. The van der Waals surface area contributed by atoms with E-state index in [0.717, 1.165) is 18.9 Å². The molecule has 1 aromatic carbocycles. The van der Waals surface area contributed by atoms with Crippen LogP contribution in [0.1, 0.15) is 47.6 Å². The second-order valence-electron chi connectivity index (χ2n) is 7.78. The van der Waals surface area contributed by atoms with Crippen LogP contribution in [-0.2, 0) is 0 Å². The molecule has 2 aliphatic rings. The normalized spacial score (nSPS) is 19.0. The van der Waals surface area contributed by atoms with Gasteiger partial charge >= 0.3 is 5.97 Å². The van der Waals surface area contributed by atoms with Crippen LogP contribution in [0.4, 0.5) is 14.5 Å². The first kappa shape index (κ1) is 19.6. The number of aromatic nitrogens is 1. The molecule has 1 saturated heterocycles. The number of aromatic carboxylic acids is 1. The molecule has 0 bridgehead atoms. The van der Waals surface area contributed by atoms with Gasteiger partial charge in [0, 0.05) is 37.3 Å². The number of hydrogen-bond acceptors (Lipinski definition) is 4. The average Bonchev–Trinajstić information content (AvgIpc) is 3.53. The molecule has 4 rings (SSSR count). The summed E-state index contributed by atoms with van der Waals surface area (Å²) in [5, 5.41) is 9.45. The SMILES string of the molecule is Cc1c(N2CCCC(=C(F)CN)C2)c(F)cc2c(=O)c(C(=O)O)cn(C3CC3)c12. The number of nitrogens with zero attached hydrogens (tertiary/aromatic N) is 2. The van der Waals surface area contributed by atoms with Crippen LogP contribution < -0.4 is 16.1 Å². The van der Waals surface area contributed by atoms with Gasteiger partial charge < -0.3 is 20.3 Å². The van der Waals surface area contributed by atoms with E-state index in [-0.39, 0.29) is 35.9 Å². The fourth-order valence-corrected chi connectivity index (χ4v) is 4.28. The van der Waals surface area contributed by atoms with Gasteiger partial charge in [-0.15, -0.1) is 0 Å². The molecule has 1 aliphatic heterocycles. The molecule has 8 heteroatoms. The highest BCUT2D eigenvalue weighted by Crippen LogP contribution is 2.40. The van der Waals surface area contributed by atoms with E-state index in [0.29, 0.717) is 41.7 Å². The first-order valence-electron chi connectivity index (χ1n) is 9.76. The molecule has 1 aromatic heterocycles. The van der Waals surface area contributed by atoms with Crippen LogP contribution in [0.25, 0.3) is 10.9 Å². The lowest BCUT2D eigenvalue weighted by atomic mass is 9.99. The molecule has 0 unspecified atom stereocenters. The number of aryl methyl sites for hydroxylation is 1. The number of anilines is 1. The van der Waals surface area contributed by atoms with Gasteiger partial charge in [0.2, 0.25) is 5.43 Å². The van der Waals surface area contributed by atoms with E-state index in [9.17, 15) is 19.1 Å². The molecule has 3 N–H and O–H groups in total. The number of nitrogens with two attached hydrogens (primary N) is 1. The summed E-state index contributed by atoms with van der Waals surface area (Å²) >= 11 is 0. The summed E-state index contributed by atoms with van der Waals surface area (Å²) in [4.78, 5) is 26.0. The number of halogens is 2. The van der Waals surface area contributed by atoms with Crippen molar-refractivity contribution in [1.29, 1.82) is 0 Å². The Balaban J connectivity index is 1.93. The van der Waals surface area contributed by atoms with Crippen LogP contribution in [0.3, 0.4) is 0 Å². The maximum Gasteiger partial charge on any atom is 0.341 e. The van der Waals surface area contributed by atoms with Crippen molar-refractivity contribution in [1.82, 2.24) is 4.57 Å². The monoisotopic (exact) mass is 403 g/mol. The number of hydrogen-bond donors (Lipinski definition) is 2. The minimum absolute atomic E-state index is 0.0662. The largest absolute Gasteiger partial charge is 0.477 e. The fourth-order valence-electron chi connectivity index (χ4n) is 4.28. The number of carboxylic acids is 1. The number of pyridine rings is 1. The molecular weight excluding hydrogens is 380 g/mol. The van der Waals surface area contributed by atoms with E-state index in [1.165, 1.54) is 6.20 Å². The minimum atomic E-state index is -1.32. The van der Waals surface area contributed by atoms with Crippen LogP contribution in [-0.4, -0.2) is 35.3 Å².